The molecule has 2 nitrogen and oxygen atoms in total. The largest absolute Gasteiger partial charge is 0.460 e. The number of carbonyl (C=O) groups excluding carboxylic acids is 1. The molecular formula is C12H21O2. The van der Waals surface area contributed by atoms with Crippen LogP contribution in [-0.4, -0.2) is 11.6 Å². The van der Waals surface area contributed by atoms with Gasteiger partial charge in [0.1, 0.15) is 5.60 Å². The summed E-state index contributed by atoms with van der Waals surface area (Å²) in [5.74, 6) is 0.767. The summed E-state index contributed by atoms with van der Waals surface area (Å²) < 4.78 is 5.31. The van der Waals surface area contributed by atoms with Gasteiger partial charge < -0.3 is 4.74 Å². The van der Waals surface area contributed by atoms with Gasteiger partial charge in [0.15, 0.2) is 0 Å². The molecule has 0 heterocycles. The molecule has 0 amide bonds. The molecule has 0 bridgehead atoms. The van der Waals surface area contributed by atoms with Crippen LogP contribution < -0.4 is 0 Å². The van der Waals surface area contributed by atoms with Crippen molar-refractivity contribution < 1.29 is 9.53 Å². The van der Waals surface area contributed by atoms with E-state index in [-0.39, 0.29) is 11.9 Å². The van der Waals surface area contributed by atoms with Crippen molar-refractivity contribution >= 4 is 5.97 Å². The quantitative estimate of drug-likeness (QED) is 0.511. The van der Waals surface area contributed by atoms with Crippen LogP contribution in [0.1, 0.15) is 41.0 Å². The Morgan fingerprint density at radius 1 is 1.43 bits per heavy atom. The van der Waals surface area contributed by atoms with E-state index in [1.54, 1.807) is 6.08 Å². The van der Waals surface area contributed by atoms with Crippen molar-refractivity contribution in [1.82, 2.24) is 0 Å². The van der Waals surface area contributed by atoms with Gasteiger partial charge in [-0.25, -0.2) is 0 Å². The first-order chi connectivity index (χ1) is 6.28. The molecule has 0 fully saturated rings. The molecule has 0 rings (SSSR count). The predicted octanol–water partition coefficient (Wildman–Crippen LogP) is 3.13. The molecule has 0 aromatic heterocycles. The molecule has 0 saturated carbocycles. The number of ether oxygens (including phenoxy) is 1. The summed E-state index contributed by atoms with van der Waals surface area (Å²) in [7, 11) is 0. The summed E-state index contributed by atoms with van der Waals surface area (Å²) in [6, 6.07) is 0. The molecule has 0 aromatic rings. The lowest BCUT2D eigenvalue weighted by atomic mass is 9.92. The van der Waals surface area contributed by atoms with Crippen molar-refractivity contribution in [1.29, 1.82) is 0 Å². The van der Waals surface area contributed by atoms with Gasteiger partial charge >= 0.3 is 5.97 Å². The number of carbonyl (C=O) groups is 1. The molecule has 0 unspecified atom stereocenters. The Morgan fingerprint density at radius 3 is 2.21 bits per heavy atom. The summed E-state index contributed by atoms with van der Waals surface area (Å²) in [5.41, 5.74) is -0.411. The second kappa shape index (κ2) is 5.18. The molecule has 1 radical (unpaired) electrons. The summed E-state index contributed by atoms with van der Waals surface area (Å²) in [6.45, 7) is 13.2. The first kappa shape index (κ1) is 13.2. The fraction of sp³-hybridized carbons (Fsp3) is 0.667. The fourth-order valence-electron chi connectivity index (χ4n) is 1.11. The van der Waals surface area contributed by atoms with Crippen molar-refractivity contribution in [3.8, 4) is 0 Å². The second-order valence-electron chi connectivity index (χ2n) is 4.69. The van der Waals surface area contributed by atoms with Gasteiger partial charge in [-0.3, -0.25) is 4.79 Å². The maximum Gasteiger partial charge on any atom is 0.310 e. The van der Waals surface area contributed by atoms with E-state index >= 15 is 0 Å². The summed E-state index contributed by atoms with van der Waals surface area (Å²) in [6.07, 6.45) is 2.40. The third kappa shape index (κ3) is 5.05. The van der Waals surface area contributed by atoms with Gasteiger partial charge in [0.2, 0.25) is 0 Å². The van der Waals surface area contributed by atoms with E-state index in [1.165, 1.54) is 0 Å². The molecule has 0 N–H and O–H groups in total. The number of hydrogen-bond acceptors (Lipinski definition) is 2. The van der Waals surface area contributed by atoms with E-state index in [9.17, 15) is 4.79 Å². The number of hydrogen-bond donors (Lipinski definition) is 0. The molecule has 2 heteroatoms. The third-order valence-electron chi connectivity index (χ3n) is 1.79. The Labute approximate surface area is 87.3 Å². The highest BCUT2D eigenvalue weighted by Gasteiger charge is 2.26. The van der Waals surface area contributed by atoms with Crippen LogP contribution in [0.3, 0.4) is 0 Å². The highest BCUT2D eigenvalue weighted by Crippen LogP contribution is 2.22. The van der Waals surface area contributed by atoms with Crippen LogP contribution in [0, 0.1) is 11.8 Å². The number of allylic oxidation sites excluding steroid dienone is 1. The maximum absolute atomic E-state index is 11.7. The van der Waals surface area contributed by atoms with E-state index in [4.69, 9.17) is 4.74 Å². The monoisotopic (exact) mass is 197 g/mol. The van der Waals surface area contributed by atoms with Gasteiger partial charge in [-0.2, -0.15) is 0 Å². The molecule has 1 atom stereocenters. The SMILES string of the molecule is C=CC[C@@H]([C](C)C)C(=O)OC(C)(C)C. The minimum atomic E-state index is -0.411. The zero-order valence-electron chi connectivity index (χ0n) is 9.89. The Hall–Kier alpha value is -0.790. The smallest absolute Gasteiger partial charge is 0.310 e. The van der Waals surface area contributed by atoms with Crippen LogP contribution in [-0.2, 0) is 9.53 Å². The maximum atomic E-state index is 11.7. The molecule has 14 heavy (non-hydrogen) atoms. The lowest BCUT2D eigenvalue weighted by molar-refractivity contribution is -0.159. The van der Waals surface area contributed by atoms with Crippen molar-refractivity contribution in [2.75, 3.05) is 0 Å². The molecule has 81 valence electrons. The second-order valence-corrected chi connectivity index (χ2v) is 4.69. The first-order valence-electron chi connectivity index (χ1n) is 4.91. The van der Waals surface area contributed by atoms with Crippen molar-refractivity contribution in [2.24, 2.45) is 5.92 Å². The predicted molar refractivity (Wildman–Crippen MR) is 58.7 cm³/mol. The van der Waals surface area contributed by atoms with Crippen LogP contribution in [0.15, 0.2) is 12.7 Å². The van der Waals surface area contributed by atoms with Gasteiger partial charge in [0, 0.05) is 0 Å². The minimum absolute atomic E-state index is 0.147. The summed E-state index contributed by atoms with van der Waals surface area (Å²) >= 11 is 0. The van der Waals surface area contributed by atoms with Crippen molar-refractivity contribution in [3.63, 3.8) is 0 Å². The lowest BCUT2D eigenvalue weighted by Gasteiger charge is -2.25. The van der Waals surface area contributed by atoms with E-state index < -0.39 is 5.60 Å². The normalized spacial score (nSPS) is 13.9. The Morgan fingerprint density at radius 2 is 1.93 bits per heavy atom. The summed E-state index contributed by atoms with van der Waals surface area (Å²) in [5, 5.41) is 0. The lowest BCUT2D eigenvalue weighted by Crippen LogP contribution is -2.30. The highest BCUT2D eigenvalue weighted by atomic mass is 16.6. The van der Waals surface area contributed by atoms with Crippen LogP contribution in [0.2, 0.25) is 0 Å². The van der Waals surface area contributed by atoms with E-state index in [1.807, 2.05) is 34.6 Å². The van der Waals surface area contributed by atoms with Gasteiger partial charge in [-0.05, 0) is 33.1 Å². The molecule has 0 aromatic carbocycles. The molecular weight excluding hydrogens is 176 g/mol. The Kier molecular flexibility index (Phi) is 4.89. The van der Waals surface area contributed by atoms with E-state index in [0.717, 1.165) is 5.92 Å². The van der Waals surface area contributed by atoms with Crippen molar-refractivity contribution in [2.45, 2.75) is 46.6 Å². The highest BCUT2D eigenvalue weighted by molar-refractivity contribution is 5.75. The van der Waals surface area contributed by atoms with E-state index in [2.05, 4.69) is 6.58 Å². The van der Waals surface area contributed by atoms with Gasteiger partial charge in [0.25, 0.3) is 0 Å². The topological polar surface area (TPSA) is 26.3 Å². The molecule has 0 aliphatic rings. The Balaban J connectivity index is 4.37. The van der Waals surface area contributed by atoms with Gasteiger partial charge in [-0.15, -0.1) is 6.58 Å². The van der Waals surface area contributed by atoms with Crippen LogP contribution in [0.5, 0.6) is 0 Å². The molecule has 0 spiro atoms. The number of esters is 1. The third-order valence-corrected chi connectivity index (χ3v) is 1.79. The van der Waals surface area contributed by atoms with Gasteiger partial charge in [-0.1, -0.05) is 19.9 Å². The first-order valence-corrected chi connectivity index (χ1v) is 4.91. The average molecular weight is 197 g/mol. The van der Waals surface area contributed by atoms with Crippen molar-refractivity contribution in [3.05, 3.63) is 18.6 Å². The average Bonchev–Trinajstić information content (AvgIpc) is 1.95. The molecule has 0 saturated heterocycles. The zero-order chi connectivity index (χ0) is 11.4. The van der Waals surface area contributed by atoms with Crippen LogP contribution in [0.25, 0.3) is 0 Å². The number of rotatable bonds is 4. The minimum Gasteiger partial charge on any atom is -0.460 e. The van der Waals surface area contributed by atoms with Crippen LogP contribution in [0.4, 0.5) is 0 Å². The fourth-order valence-corrected chi connectivity index (χ4v) is 1.11. The van der Waals surface area contributed by atoms with Crippen LogP contribution >= 0.6 is 0 Å². The summed E-state index contributed by atoms with van der Waals surface area (Å²) in [4.78, 5) is 11.7. The van der Waals surface area contributed by atoms with E-state index in [0.29, 0.717) is 6.42 Å². The standard InChI is InChI=1S/C12H21O2/c1-7-8-10(9(2)3)11(13)14-12(4,5)6/h7,10H,1,8H2,2-6H3/t10-/m0/s1. The zero-order valence-corrected chi connectivity index (χ0v) is 9.89. The van der Waals surface area contributed by atoms with Gasteiger partial charge in [0.05, 0.1) is 5.92 Å². The Bertz CT molecular complexity index is 199. The molecule has 0 aliphatic carbocycles. The molecule has 0 aliphatic heterocycles.